The minimum Gasteiger partial charge on any atom is -0.376 e. The summed E-state index contributed by atoms with van der Waals surface area (Å²) < 4.78 is 39.0. The number of hydrogen-bond donors (Lipinski definition) is 2. The van der Waals surface area contributed by atoms with Crippen molar-refractivity contribution in [2.24, 2.45) is 0 Å². The molecule has 3 rings (SSSR count). The van der Waals surface area contributed by atoms with Crippen LogP contribution in [0.3, 0.4) is 0 Å². The fourth-order valence-electron chi connectivity index (χ4n) is 3.44. The van der Waals surface area contributed by atoms with Gasteiger partial charge in [-0.15, -0.1) is 0 Å². The molecular weight excluding hydrogens is 369 g/mol. The molecule has 0 saturated heterocycles. The first-order valence-corrected chi connectivity index (χ1v) is 9.12. The summed E-state index contributed by atoms with van der Waals surface area (Å²) in [5.41, 5.74) is 0.763. The third-order valence-electron chi connectivity index (χ3n) is 5.06. The second-order valence-corrected chi connectivity index (χ2v) is 7.32. The summed E-state index contributed by atoms with van der Waals surface area (Å²) in [4.78, 5) is 13.4. The van der Waals surface area contributed by atoms with E-state index in [-0.39, 0.29) is 11.5 Å². The molecule has 0 spiro atoms. The monoisotopic (exact) mass is 392 g/mol. The average Bonchev–Trinajstić information content (AvgIpc) is 2.61. The number of alkyl halides is 3. The van der Waals surface area contributed by atoms with Crippen LogP contribution >= 0.6 is 0 Å². The molecular formula is C21H23F3N2O2. The van der Waals surface area contributed by atoms with Gasteiger partial charge in [0.05, 0.1) is 0 Å². The first-order chi connectivity index (χ1) is 13.1. The number of rotatable bonds is 4. The Morgan fingerprint density at radius 1 is 1.18 bits per heavy atom. The van der Waals surface area contributed by atoms with Crippen LogP contribution in [0.15, 0.2) is 42.5 Å². The third-order valence-corrected chi connectivity index (χ3v) is 5.06. The number of amides is 1. The molecule has 7 heteroatoms. The Bertz CT molecular complexity index is 861. The van der Waals surface area contributed by atoms with E-state index in [0.717, 1.165) is 48.8 Å². The van der Waals surface area contributed by atoms with Gasteiger partial charge in [0.15, 0.2) is 5.60 Å². The fraction of sp³-hybridized carbons (Fsp3) is 0.381. The number of nitrogens with zero attached hydrogens (tertiary/aromatic N) is 1. The lowest BCUT2D eigenvalue weighted by Gasteiger charge is -2.32. The van der Waals surface area contributed by atoms with Crippen molar-refractivity contribution in [1.29, 1.82) is 0 Å². The third kappa shape index (κ3) is 4.14. The van der Waals surface area contributed by atoms with E-state index in [0.29, 0.717) is 6.54 Å². The lowest BCUT2D eigenvalue weighted by Crippen LogP contribution is -2.39. The van der Waals surface area contributed by atoms with Crippen molar-refractivity contribution in [3.8, 4) is 0 Å². The van der Waals surface area contributed by atoms with Gasteiger partial charge >= 0.3 is 6.18 Å². The van der Waals surface area contributed by atoms with Crippen LogP contribution in [-0.2, 0) is 23.4 Å². The second kappa shape index (κ2) is 7.47. The molecule has 2 aromatic carbocycles. The summed E-state index contributed by atoms with van der Waals surface area (Å²) in [5, 5.41) is 12.6. The van der Waals surface area contributed by atoms with Gasteiger partial charge in [0.2, 0.25) is 5.91 Å². The predicted molar refractivity (Wildman–Crippen MR) is 102 cm³/mol. The Morgan fingerprint density at radius 3 is 2.46 bits per heavy atom. The Kier molecular flexibility index (Phi) is 5.39. The van der Waals surface area contributed by atoms with E-state index in [2.05, 4.69) is 10.2 Å². The van der Waals surface area contributed by atoms with E-state index in [9.17, 15) is 23.1 Å². The number of hydrogen-bond acceptors (Lipinski definition) is 3. The van der Waals surface area contributed by atoms with Crippen molar-refractivity contribution in [3.63, 3.8) is 0 Å². The molecule has 1 amide bonds. The summed E-state index contributed by atoms with van der Waals surface area (Å²) >= 11 is 0. The molecule has 0 radical (unpaired) electrons. The Labute approximate surface area is 162 Å². The SMILES string of the molecule is CC(=O)Nc1ccc2c(c1)CCCN2Cc1ccc(C(C)(O)C(F)(F)F)cc1. The molecule has 1 aliphatic rings. The van der Waals surface area contributed by atoms with E-state index < -0.39 is 11.8 Å². The number of aliphatic hydroxyl groups is 1. The maximum Gasteiger partial charge on any atom is 0.421 e. The van der Waals surface area contributed by atoms with Gasteiger partial charge in [0, 0.05) is 31.4 Å². The smallest absolute Gasteiger partial charge is 0.376 e. The van der Waals surface area contributed by atoms with Crippen molar-refractivity contribution >= 4 is 17.3 Å². The zero-order valence-corrected chi connectivity index (χ0v) is 15.8. The van der Waals surface area contributed by atoms with Crippen molar-refractivity contribution < 1.29 is 23.1 Å². The summed E-state index contributed by atoms with van der Waals surface area (Å²) in [6.45, 7) is 3.62. The van der Waals surface area contributed by atoms with Crippen molar-refractivity contribution in [1.82, 2.24) is 0 Å². The van der Waals surface area contributed by atoms with E-state index in [4.69, 9.17) is 0 Å². The van der Waals surface area contributed by atoms with E-state index in [1.807, 2.05) is 18.2 Å². The minimum absolute atomic E-state index is 0.123. The first-order valence-electron chi connectivity index (χ1n) is 9.12. The van der Waals surface area contributed by atoms with Crippen LogP contribution in [0.25, 0.3) is 0 Å². The number of nitrogens with one attached hydrogen (secondary N) is 1. The van der Waals surface area contributed by atoms with Crippen LogP contribution in [0, 0.1) is 0 Å². The topological polar surface area (TPSA) is 52.6 Å². The highest BCUT2D eigenvalue weighted by molar-refractivity contribution is 5.89. The lowest BCUT2D eigenvalue weighted by molar-refractivity contribution is -0.258. The number of carbonyl (C=O) groups excluding carboxylic acids is 1. The Balaban J connectivity index is 1.78. The maximum atomic E-state index is 13.0. The standard InChI is InChI=1S/C21H23F3N2O2/c1-14(27)25-18-9-10-19-16(12-18)4-3-11-26(19)13-15-5-7-17(8-6-15)20(2,28)21(22,23)24/h5-10,12,28H,3-4,11,13H2,1-2H3,(H,25,27). The summed E-state index contributed by atoms with van der Waals surface area (Å²) in [5.74, 6) is -0.123. The average molecular weight is 392 g/mol. The van der Waals surface area contributed by atoms with E-state index in [1.165, 1.54) is 19.1 Å². The zero-order chi connectivity index (χ0) is 20.5. The van der Waals surface area contributed by atoms with E-state index >= 15 is 0 Å². The van der Waals surface area contributed by atoms with Crippen molar-refractivity contribution in [2.45, 2.75) is 45.0 Å². The van der Waals surface area contributed by atoms with Gasteiger partial charge in [-0.05, 0) is 54.7 Å². The van der Waals surface area contributed by atoms with Crippen LogP contribution in [0.4, 0.5) is 24.5 Å². The quantitative estimate of drug-likeness (QED) is 0.813. The first kappa shape index (κ1) is 20.2. The largest absolute Gasteiger partial charge is 0.421 e. The van der Waals surface area contributed by atoms with Crippen molar-refractivity contribution in [3.05, 3.63) is 59.2 Å². The van der Waals surface area contributed by atoms with Gasteiger partial charge in [-0.1, -0.05) is 24.3 Å². The molecule has 28 heavy (non-hydrogen) atoms. The molecule has 0 bridgehead atoms. The van der Waals surface area contributed by atoms with Crippen LogP contribution in [0.2, 0.25) is 0 Å². The summed E-state index contributed by atoms with van der Waals surface area (Å²) in [6, 6.07) is 11.7. The summed E-state index contributed by atoms with van der Waals surface area (Å²) in [7, 11) is 0. The van der Waals surface area contributed by atoms with Gasteiger partial charge in [0.1, 0.15) is 0 Å². The normalized spacial score (nSPS) is 16.3. The number of carbonyl (C=O) groups is 1. The number of halogens is 3. The maximum absolute atomic E-state index is 13.0. The molecule has 4 nitrogen and oxygen atoms in total. The van der Waals surface area contributed by atoms with Gasteiger partial charge in [-0.2, -0.15) is 13.2 Å². The molecule has 1 heterocycles. The Morgan fingerprint density at radius 2 is 1.86 bits per heavy atom. The van der Waals surface area contributed by atoms with E-state index in [1.54, 1.807) is 12.1 Å². The number of aryl methyl sites for hydroxylation is 1. The number of fused-ring (bicyclic) bond motifs is 1. The molecule has 0 aliphatic carbocycles. The van der Waals surface area contributed by atoms with Gasteiger partial charge in [0.25, 0.3) is 0 Å². The highest BCUT2D eigenvalue weighted by atomic mass is 19.4. The van der Waals surface area contributed by atoms with Crippen molar-refractivity contribution in [2.75, 3.05) is 16.8 Å². The van der Waals surface area contributed by atoms with Gasteiger partial charge in [-0.25, -0.2) is 0 Å². The lowest BCUT2D eigenvalue weighted by atomic mass is 9.94. The fourth-order valence-corrected chi connectivity index (χ4v) is 3.44. The van der Waals surface area contributed by atoms with Crippen LogP contribution in [0.1, 0.15) is 37.0 Å². The highest BCUT2D eigenvalue weighted by Gasteiger charge is 2.51. The molecule has 2 aromatic rings. The Hall–Kier alpha value is -2.54. The molecule has 1 aliphatic heterocycles. The molecule has 0 saturated carbocycles. The highest BCUT2D eigenvalue weighted by Crippen LogP contribution is 2.38. The predicted octanol–water partition coefficient (Wildman–Crippen LogP) is 4.37. The van der Waals surface area contributed by atoms with Gasteiger partial charge < -0.3 is 15.3 Å². The number of anilines is 2. The molecule has 1 unspecified atom stereocenters. The molecule has 1 atom stereocenters. The van der Waals surface area contributed by atoms with Crippen LogP contribution in [-0.4, -0.2) is 23.7 Å². The zero-order valence-electron chi connectivity index (χ0n) is 15.8. The van der Waals surface area contributed by atoms with Gasteiger partial charge in [-0.3, -0.25) is 4.79 Å². The molecule has 0 aromatic heterocycles. The molecule has 150 valence electrons. The van der Waals surface area contributed by atoms with Crippen LogP contribution < -0.4 is 10.2 Å². The van der Waals surface area contributed by atoms with Crippen LogP contribution in [0.5, 0.6) is 0 Å². The molecule has 0 fully saturated rings. The molecule has 2 N–H and O–H groups in total. The number of benzene rings is 2. The second-order valence-electron chi connectivity index (χ2n) is 7.32. The summed E-state index contributed by atoms with van der Waals surface area (Å²) in [6.07, 6.45) is -2.87. The minimum atomic E-state index is -4.73.